The third-order valence-corrected chi connectivity index (χ3v) is 5.35. The Kier molecular flexibility index (Phi) is 5.22. The Bertz CT molecular complexity index is 1130. The van der Waals surface area contributed by atoms with Crippen molar-refractivity contribution in [1.82, 2.24) is 18.7 Å². The van der Waals surface area contributed by atoms with E-state index in [9.17, 15) is 14.4 Å². The molecule has 3 rings (SSSR count). The summed E-state index contributed by atoms with van der Waals surface area (Å²) in [5.41, 5.74) is 0.437. The number of methoxy groups -OCH3 is 1. The highest BCUT2D eigenvalue weighted by atomic mass is 32.2. The third-order valence-electron chi connectivity index (χ3n) is 4.37. The largest absolute Gasteiger partial charge is 0.497 e. The number of ketones is 1. The number of imidazole rings is 1. The molecule has 3 aromatic rings. The van der Waals surface area contributed by atoms with E-state index in [-0.39, 0.29) is 11.5 Å². The lowest BCUT2D eigenvalue weighted by Gasteiger charge is -2.06. The molecule has 0 saturated carbocycles. The Morgan fingerprint density at radius 3 is 2.41 bits per heavy atom. The number of benzene rings is 1. The molecule has 0 aliphatic carbocycles. The number of hydrogen-bond donors (Lipinski definition) is 0. The van der Waals surface area contributed by atoms with Gasteiger partial charge in [-0.15, -0.1) is 0 Å². The number of hydrogen-bond acceptors (Lipinski definition) is 6. The number of carbonyl (C=O) groups is 1. The van der Waals surface area contributed by atoms with Crippen molar-refractivity contribution < 1.29 is 9.53 Å². The average Bonchev–Trinajstić information content (AvgIpc) is 3.07. The number of rotatable bonds is 6. The van der Waals surface area contributed by atoms with Crippen molar-refractivity contribution in [1.29, 1.82) is 0 Å². The van der Waals surface area contributed by atoms with Gasteiger partial charge in [0.15, 0.2) is 22.1 Å². The minimum Gasteiger partial charge on any atom is -0.497 e. The van der Waals surface area contributed by atoms with Crippen molar-refractivity contribution in [2.45, 2.75) is 18.6 Å². The van der Waals surface area contributed by atoms with Crippen LogP contribution in [0.15, 0.2) is 39.0 Å². The maximum absolute atomic E-state index is 12.5. The molecule has 142 valence electrons. The minimum atomic E-state index is -0.431. The van der Waals surface area contributed by atoms with Crippen molar-refractivity contribution in [3.05, 3.63) is 50.7 Å². The van der Waals surface area contributed by atoms with Crippen LogP contribution in [0.25, 0.3) is 11.2 Å². The minimum absolute atomic E-state index is 0.0563. The molecular formula is C18H20N4O4S. The zero-order chi connectivity index (χ0) is 19.7. The quantitative estimate of drug-likeness (QED) is 0.469. The molecule has 2 aromatic heterocycles. The number of thioether (sulfide) groups is 1. The summed E-state index contributed by atoms with van der Waals surface area (Å²) < 4.78 is 9.24. The molecule has 0 aliphatic heterocycles. The third kappa shape index (κ3) is 3.30. The van der Waals surface area contributed by atoms with E-state index in [0.29, 0.717) is 34.2 Å². The molecule has 0 unspecified atom stereocenters. The van der Waals surface area contributed by atoms with Gasteiger partial charge >= 0.3 is 5.69 Å². The van der Waals surface area contributed by atoms with Gasteiger partial charge in [-0.2, -0.15) is 0 Å². The van der Waals surface area contributed by atoms with Crippen molar-refractivity contribution in [3.63, 3.8) is 0 Å². The summed E-state index contributed by atoms with van der Waals surface area (Å²) in [5, 5.41) is 0.535. The second kappa shape index (κ2) is 7.43. The van der Waals surface area contributed by atoms with E-state index in [1.54, 1.807) is 43.0 Å². The van der Waals surface area contributed by atoms with Crippen LogP contribution in [0.1, 0.15) is 17.3 Å². The van der Waals surface area contributed by atoms with E-state index in [1.165, 1.54) is 23.4 Å². The van der Waals surface area contributed by atoms with Gasteiger partial charge in [0.1, 0.15) is 5.75 Å². The standard InChI is InChI=1S/C18H20N4O4S/c1-5-22-14-15(20(2)18(25)21(3)16(14)24)19-17(22)27-10-13(23)11-6-8-12(26-4)9-7-11/h6-9H,5,10H2,1-4H3. The van der Waals surface area contributed by atoms with Gasteiger partial charge in [0, 0.05) is 26.2 Å². The molecule has 0 aliphatic rings. The second-order valence-corrected chi connectivity index (χ2v) is 6.90. The number of ether oxygens (including phenoxy) is 1. The van der Waals surface area contributed by atoms with Crippen LogP contribution >= 0.6 is 11.8 Å². The maximum atomic E-state index is 12.5. The van der Waals surface area contributed by atoms with Gasteiger partial charge in [-0.25, -0.2) is 9.78 Å². The molecule has 0 radical (unpaired) electrons. The van der Waals surface area contributed by atoms with Gasteiger partial charge < -0.3 is 9.30 Å². The first-order valence-corrected chi connectivity index (χ1v) is 9.33. The number of carbonyl (C=O) groups excluding carboxylic acids is 1. The summed E-state index contributed by atoms with van der Waals surface area (Å²) in [4.78, 5) is 41.5. The Morgan fingerprint density at radius 1 is 1.15 bits per heavy atom. The fourth-order valence-corrected chi connectivity index (χ4v) is 3.77. The van der Waals surface area contributed by atoms with Crippen LogP contribution in [-0.2, 0) is 20.6 Å². The molecule has 0 spiro atoms. The fourth-order valence-electron chi connectivity index (χ4n) is 2.82. The normalized spacial score (nSPS) is 11.1. The highest BCUT2D eigenvalue weighted by Crippen LogP contribution is 2.23. The SMILES string of the molecule is CCn1c(SCC(=O)c2ccc(OC)cc2)nc2c1c(=O)n(C)c(=O)n2C. The van der Waals surface area contributed by atoms with Gasteiger partial charge in [-0.1, -0.05) is 11.8 Å². The molecule has 1 aromatic carbocycles. The molecule has 0 bridgehead atoms. The predicted molar refractivity (Wildman–Crippen MR) is 104 cm³/mol. The zero-order valence-electron chi connectivity index (χ0n) is 15.6. The Morgan fingerprint density at radius 2 is 1.81 bits per heavy atom. The molecule has 2 heterocycles. The summed E-state index contributed by atoms with van der Waals surface area (Å²) in [6.45, 7) is 2.39. The molecular weight excluding hydrogens is 368 g/mol. The summed E-state index contributed by atoms with van der Waals surface area (Å²) in [6.07, 6.45) is 0. The molecule has 0 fully saturated rings. The van der Waals surface area contributed by atoms with E-state index >= 15 is 0 Å². The number of nitrogens with zero attached hydrogens (tertiary/aromatic N) is 4. The average molecular weight is 388 g/mol. The highest BCUT2D eigenvalue weighted by Gasteiger charge is 2.19. The van der Waals surface area contributed by atoms with E-state index in [1.807, 2.05) is 6.92 Å². The van der Waals surface area contributed by atoms with Crippen molar-refractivity contribution in [3.8, 4) is 5.75 Å². The van der Waals surface area contributed by atoms with Gasteiger partial charge in [0.25, 0.3) is 5.56 Å². The molecule has 8 nitrogen and oxygen atoms in total. The number of aromatic nitrogens is 4. The van der Waals surface area contributed by atoms with Crippen LogP contribution in [-0.4, -0.2) is 37.3 Å². The zero-order valence-corrected chi connectivity index (χ0v) is 16.4. The first-order valence-electron chi connectivity index (χ1n) is 8.35. The van der Waals surface area contributed by atoms with Gasteiger partial charge in [0.05, 0.1) is 12.9 Å². The molecule has 27 heavy (non-hydrogen) atoms. The van der Waals surface area contributed by atoms with E-state index in [4.69, 9.17) is 4.74 Å². The van der Waals surface area contributed by atoms with Crippen LogP contribution in [0.4, 0.5) is 0 Å². The summed E-state index contributed by atoms with van der Waals surface area (Å²) >= 11 is 1.25. The Labute approximate surface area is 159 Å². The molecule has 0 amide bonds. The smallest absolute Gasteiger partial charge is 0.332 e. The predicted octanol–water partition coefficient (Wildman–Crippen LogP) is 1.44. The highest BCUT2D eigenvalue weighted by molar-refractivity contribution is 7.99. The fraction of sp³-hybridized carbons (Fsp3) is 0.333. The first-order chi connectivity index (χ1) is 12.9. The topological polar surface area (TPSA) is 88.1 Å². The molecule has 9 heteroatoms. The van der Waals surface area contributed by atoms with E-state index in [0.717, 1.165) is 4.57 Å². The Balaban J connectivity index is 1.94. The summed E-state index contributed by atoms with van der Waals surface area (Å²) in [5.74, 6) is 0.798. The van der Waals surface area contributed by atoms with E-state index < -0.39 is 11.2 Å². The molecule has 0 N–H and O–H groups in total. The molecule has 0 saturated heterocycles. The second-order valence-electron chi connectivity index (χ2n) is 5.96. The monoisotopic (exact) mass is 388 g/mol. The number of Topliss-reactive ketones (excluding diaryl/α,β-unsaturated/α-hetero) is 1. The summed E-state index contributed by atoms with van der Waals surface area (Å²) in [7, 11) is 4.59. The van der Waals surface area contributed by atoms with Gasteiger partial charge in [0.2, 0.25) is 0 Å². The van der Waals surface area contributed by atoms with Crippen LogP contribution in [0, 0.1) is 0 Å². The lowest BCUT2D eigenvalue weighted by molar-refractivity contribution is 0.102. The first kappa shape index (κ1) is 19.0. The molecule has 0 atom stereocenters. The summed E-state index contributed by atoms with van der Waals surface area (Å²) in [6, 6.07) is 6.89. The number of aryl methyl sites for hydroxylation is 2. The van der Waals surface area contributed by atoms with Crippen LogP contribution in [0.5, 0.6) is 5.75 Å². The van der Waals surface area contributed by atoms with Gasteiger partial charge in [-0.05, 0) is 31.2 Å². The van der Waals surface area contributed by atoms with Crippen LogP contribution < -0.4 is 16.0 Å². The maximum Gasteiger partial charge on any atom is 0.332 e. The number of fused-ring (bicyclic) bond motifs is 1. The van der Waals surface area contributed by atoms with Crippen LogP contribution in [0.2, 0.25) is 0 Å². The van der Waals surface area contributed by atoms with Crippen molar-refractivity contribution >= 4 is 28.7 Å². The lowest BCUT2D eigenvalue weighted by Crippen LogP contribution is -2.37. The van der Waals surface area contributed by atoms with Crippen molar-refractivity contribution in [2.24, 2.45) is 14.1 Å². The van der Waals surface area contributed by atoms with Crippen molar-refractivity contribution in [2.75, 3.05) is 12.9 Å². The van der Waals surface area contributed by atoms with Crippen LogP contribution in [0.3, 0.4) is 0 Å². The van der Waals surface area contributed by atoms with E-state index in [2.05, 4.69) is 4.98 Å². The lowest BCUT2D eigenvalue weighted by atomic mass is 10.1. The Hall–Kier alpha value is -2.81. The van der Waals surface area contributed by atoms with Gasteiger partial charge in [-0.3, -0.25) is 18.7 Å².